The van der Waals surface area contributed by atoms with E-state index in [0.29, 0.717) is 5.58 Å². The summed E-state index contributed by atoms with van der Waals surface area (Å²) < 4.78 is 5.71. The Balaban J connectivity index is 1.63. The summed E-state index contributed by atoms with van der Waals surface area (Å²) >= 11 is 0. The van der Waals surface area contributed by atoms with Gasteiger partial charge in [0.1, 0.15) is 5.58 Å². The average Bonchev–Trinajstić information content (AvgIpc) is 2.77. The molecule has 1 aromatic heterocycles. The van der Waals surface area contributed by atoms with E-state index in [1.54, 1.807) is 6.07 Å². The number of hydrogen-bond donors (Lipinski definition) is 0. The highest BCUT2D eigenvalue weighted by molar-refractivity contribution is 6.06. The molecule has 3 aliphatic rings. The molecule has 2 nitrogen and oxygen atoms in total. The first-order valence-electron chi connectivity index (χ1n) is 10.4. The molecule has 0 fully saturated rings. The van der Waals surface area contributed by atoms with Crippen molar-refractivity contribution in [2.24, 2.45) is 0 Å². The van der Waals surface area contributed by atoms with Crippen molar-refractivity contribution in [3.63, 3.8) is 0 Å². The van der Waals surface area contributed by atoms with Crippen molar-refractivity contribution in [2.75, 3.05) is 0 Å². The van der Waals surface area contributed by atoms with E-state index in [1.807, 2.05) is 6.92 Å². The van der Waals surface area contributed by atoms with Gasteiger partial charge in [0, 0.05) is 28.7 Å². The molecule has 2 heteroatoms. The van der Waals surface area contributed by atoms with Crippen LogP contribution in [0, 0.1) is 6.92 Å². The zero-order chi connectivity index (χ0) is 20.0. The van der Waals surface area contributed by atoms with Gasteiger partial charge in [0.2, 0.25) is 0 Å². The molecule has 0 saturated heterocycles. The van der Waals surface area contributed by atoms with Gasteiger partial charge >= 0.3 is 5.63 Å². The molecule has 30 heavy (non-hydrogen) atoms. The van der Waals surface area contributed by atoms with Gasteiger partial charge in [0.25, 0.3) is 0 Å². The van der Waals surface area contributed by atoms with E-state index < -0.39 is 0 Å². The van der Waals surface area contributed by atoms with E-state index in [4.69, 9.17) is 4.42 Å². The largest absolute Gasteiger partial charge is 0.422 e. The van der Waals surface area contributed by atoms with Crippen LogP contribution >= 0.6 is 0 Å². The number of hydrogen-bond acceptors (Lipinski definition) is 2. The maximum absolute atomic E-state index is 12.1. The van der Waals surface area contributed by atoms with E-state index in [1.165, 1.54) is 33.4 Å². The molecule has 0 amide bonds. The molecular weight excluding hydrogens is 368 g/mol. The van der Waals surface area contributed by atoms with Gasteiger partial charge in [0.15, 0.2) is 0 Å². The molecule has 8 rings (SSSR count). The maximum atomic E-state index is 12.1. The Kier molecular flexibility index (Phi) is 2.96. The Morgan fingerprint density at radius 1 is 0.633 bits per heavy atom. The van der Waals surface area contributed by atoms with Crippen LogP contribution < -0.4 is 5.63 Å². The van der Waals surface area contributed by atoms with Gasteiger partial charge in [0.05, 0.1) is 0 Å². The molecule has 0 radical (unpaired) electrons. The van der Waals surface area contributed by atoms with E-state index in [9.17, 15) is 4.79 Å². The molecule has 142 valence electrons. The normalized spacial score (nSPS) is 18.3. The highest BCUT2D eigenvalue weighted by Gasteiger charge is 2.41. The van der Waals surface area contributed by atoms with Gasteiger partial charge in [-0.1, -0.05) is 60.7 Å². The summed E-state index contributed by atoms with van der Waals surface area (Å²) in [5.41, 5.74) is 9.69. The standard InChI is InChI=1S/C28H18O2/c1-15-12-25(29)30-28-17(15)11-10-16-13-23-24(14-22(16)28)27-20-8-4-2-6-18(20)26(23)19-7-3-5-9-21(19)27/h2-14,26-27H,1H3. The summed E-state index contributed by atoms with van der Waals surface area (Å²) in [5, 5.41) is 3.15. The molecule has 0 atom stereocenters. The Bertz CT molecular complexity index is 1540. The second-order valence-electron chi connectivity index (χ2n) is 8.52. The molecule has 1 heterocycles. The predicted octanol–water partition coefficient (Wildman–Crippen LogP) is 6.24. The minimum absolute atomic E-state index is 0.216. The fraction of sp³-hybridized carbons (Fsp3) is 0.107. The summed E-state index contributed by atoms with van der Waals surface area (Å²) in [4.78, 5) is 12.1. The van der Waals surface area contributed by atoms with Crippen molar-refractivity contribution in [3.8, 4) is 0 Å². The summed E-state index contributed by atoms with van der Waals surface area (Å²) in [6, 6.07) is 28.1. The van der Waals surface area contributed by atoms with Crippen molar-refractivity contribution < 1.29 is 4.42 Å². The maximum Gasteiger partial charge on any atom is 0.336 e. The Hall–Kier alpha value is -3.65. The monoisotopic (exact) mass is 386 g/mol. The third kappa shape index (κ3) is 1.91. The van der Waals surface area contributed by atoms with Crippen LogP contribution in [0.5, 0.6) is 0 Å². The van der Waals surface area contributed by atoms with Gasteiger partial charge < -0.3 is 4.42 Å². The zero-order valence-corrected chi connectivity index (χ0v) is 16.5. The fourth-order valence-electron chi connectivity index (χ4n) is 5.76. The summed E-state index contributed by atoms with van der Waals surface area (Å²) in [6.45, 7) is 1.97. The highest BCUT2D eigenvalue weighted by Crippen LogP contribution is 2.56. The van der Waals surface area contributed by atoms with Crippen LogP contribution in [-0.2, 0) is 0 Å². The first-order valence-corrected chi connectivity index (χ1v) is 10.4. The van der Waals surface area contributed by atoms with Crippen molar-refractivity contribution >= 4 is 21.7 Å². The molecule has 0 unspecified atom stereocenters. The van der Waals surface area contributed by atoms with Crippen molar-refractivity contribution in [3.05, 3.63) is 128 Å². The van der Waals surface area contributed by atoms with Gasteiger partial charge in [-0.2, -0.15) is 0 Å². The number of rotatable bonds is 0. The average molecular weight is 386 g/mol. The Morgan fingerprint density at radius 3 is 1.80 bits per heavy atom. The Labute approximate surface area is 173 Å². The molecule has 5 aromatic rings. The number of fused-ring (bicyclic) bond motifs is 3. The number of benzene rings is 4. The minimum atomic E-state index is -0.289. The Morgan fingerprint density at radius 2 is 1.20 bits per heavy atom. The summed E-state index contributed by atoms with van der Waals surface area (Å²) in [5.74, 6) is 0.468. The van der Waals surface area contributed by atoms with Crippen LogP contribution in [0.1, 0.15) is 50.8 Å². The zero-order valence-electron chi connectivity index (χ0n) is 16.5. The highest BCUT2D eigenvalue weighted by atomic mass is 16.4. The molecule has 0 aliphatic heterocycles. The smallest absolute Gasteiger partial charge is 0.336 e. The second-order valence-corrected chi connectivity index (χ2v) is 8.52. The SMILES string of the molecule is Cc1cc(=O)oc2c1ccc1cc3c(cc12)C1c2ccccc2C3c2ccccc21. The second kappa shape index (κ2) is 5.48. The van der Waals surface area contributed by atoms with Crippen molar-refractivity contribution in [2.45, 2.75) is 18.8 Å². The van der Waals surface area contributed by atoms with E-state index in [2.05, 4.69) is 72.8 Å². The van der Waals surface area contributed by atoms with Crippen molar-refractivity contribution in [1.29, 1.82) is 0 Å². The van der Waals surface area contributed by atoms with Gasteiger partial charge in [-0.15, -0.1) is 0 Å². The van der Waals surface area contributed by atoms with Crippen LogP contribution in [0.4, 0.5) is 0 Å². The molecule has 0 saturated carbocycles. The van der Waals surface area contributed by atoms with Crippen molar-refractivity contribution in [1.82, 2.24) is 0 Å². The third-order valence-corrected chi connectivity index (χ3v) is 6.99. The summed E-state index contributed by atoms with van der Waals surface area (Å²) in [6.07, 6.45) is 0. The van der Waals surface area contributed by atoms with Crippen LogP contribution in [0.15, 0.2) is 88.1 Å². The lowest BCUT2D eigenvalue weighted by Crippen LogP contribution is -2.27. The van der Waals surface area contributed by atoms with Gasteiger partial charge in [-0.05, 0) is 63.4 Å². The lowest BCUT2D eigenvalue weighted by Gasteiger charge is -2.42. The van der Waals surface area contributed by atoms with Gasteiger partial charge in [-0.3, -0.25) is 0 Å². The quantitative estimate of drug-likeness (QED) is 0.228. The molecular formula is C28H18O2. The van der Waals surface area contributed by atoms with Crippen LogP contribution in [0.25, 0.3) is 21.7 Å². The molecule has 3 aliphatic carbocycles. The number of aryl methyl sites for hydroxylation is 1. The molecule has 4 aromatic carbocycles. The lowest BCUT2D eigenvalue weighted by atomic mass is 9.61. The van der Waals surface area contributed by atoms with Crippen LogP contribution in [-0.4, -0.2) is 0 Å². The third-order valence-electron chi connectivity index (χ3n) is 6.99. The summed E-state index contributed by atoms with van der Waals surface area (Å²) in [7, 11) is 0. The first kappa shape index (κ1) is 16.2. The molecule has 2 bridgehead atoms. The van der Waals surface area contributed by atoms with Crippen LogP contribution in [0.2, 0.25) is 0 Å². The first-order chi connectivity index (χ1) is 14.7. The predicted molar refractivity (Wildman–Crippen MR) is 120 cm³/mol. The van der Waals surface area contributed by atoms with Gasteiger partial charge in [-0.25, -0.2) is 4.79 Å². The fourth-order valence-corrected chi connectivity index (χ4v) is 5.76. The minimum Gasteiger partial charge on any atom is -0.422 e. The van der Waals surface area contributed by atoms with E-state index in [0.717, 1.165) is 21.7 Å². The molecule has 0 spiro atoms. The van der Waals surface area contributed by atoms with Crippen LogP contribution in [0.3, 0.4) is 0 Å². The van der Waals surface area contributed by atoms with E-state index in [-0.39, 0.29) is 17.5 Å². The molecule has 0 N–H and O–H groups in total. The topological polar surface area (TPSA) is 30.2 Å². The van der Waals surface area contributed by atoms with E-state index >= 15 is 0 Å². The lowest BCUT2D eigenvalue weighted by molar-refractivity contribution is 0.563.